The van der Waals surface area contributed by atoms with Crippen LogP contribution >= 0.6 is 11.8 Å². The Kier molecular flexibility index (Phi) is 5.64. The van der Waals surface area contributed by atoms with E-state index in [1.54, 1.807) is 18.2 Å². The van der Waals surface area contributed by atoms with E-state index >= 15 is 0 Å². The van der Waals surface area contributed by atoms with Gasteiger partial charge in [-0.3, -0.25) is 9.59 Å². The van der Waals surface area contributed by atoms with E-state index in [2.05, 4.69) is 15.3 Å². The number of rotatable bonds is 5. The van der Waals surface area contributed by atoms with E-state index in [0.717, 1.165) is 11.8 Å². The standard InChI is InChI=1S/C14H17N5O4S/c1-22-7-3-4-9(23-2)8(5-7)17-11(20)6-10-12(21)18-14(24-10)19-13(15)16/h3-5,10H,6H2,1-2H3,(H,17,20)(H4,15,16,18,19,21)/t10-/m1/s1. The van der Waals surface area contributed by atoms with Crippen molar-refractivity contribution in [3.8, 4) is 11.5 Å². The topological polar surface area (TPSA) is 141 Å². The summed E-state index contributed by atoms with van der Waals surface area (Å²) in [6.07, 6.45) is -0.0726. The van der Waals surface area contributed by atoms with Crippen molar-refractivity contribution in [2.75, 3.05) is 19.5 Å². The molecule has 2 rings (SSSR count). The fourth-order valence-corrected chi connectivity index (χ4v) is 2.89. The quantitative estimate of drug-likeness (QED) is 0.512. The van der Waals surface area contributed by atoms with Crippen LogP contribution in [0.25, 0.3) is 0 Å². The average molecular weight is 351 g/mol. The maximum atomic E-state index is 12.2. The molecule has 1 atom stereocenters. The van der Waals surface area contributed by atoms with Gasteiger partial charge in [-0.25, -0.2) is 0 Å². The van der Waals surface area contributed by atoms with Gasteiger partial charge in [0, 0.05) is 12.5 Å². The summed E-state index contributed by atoms with van der Waals surface area (Å²) in [6.45, 7) is 0. The molecule has 0 unspecified atom stereocenters. The molecule has 0 spiro atoms. The van der Waals surface area contributed by atoms with Gasteiger partial charge in [0.15, 0.2) is 11.1 Å². The van der Waals surface area contributed by atoms with E-state index in [0.29, 0.717) is 17.2 Å². The minimum absolute atomic E-state index is 0.0726. The zero-order chi connectivity index (χ0) is 17.7. The molecule has 5 N–H and O–H groups in total. The van der Waals surface area contributed by atoms with Gasteiger partial charge in [-0.2, -0.15) is 9.98 Å². The number of nitrogens with two attached hydrogens (primary N) is 2. The lowest BCUT2D eigenvalue weighted by Gasteiger charge is -2.12. The molecule has 128 valence electrons. The van der Waals surface area contributed by atoms with E-state index in [-0.39, 0.29) is 23.5 Å². The predicted molar refractivity (Wildman–Crippen MR) is 92.4 cm³/mol. The first kappa shape index (κ1) is 17.6. The number of ether oxygens (including phenoxy) is 2. The van der Waals surface area contributed by atoms with Gasteiger partial charge in [-0.1, -0.05) is 11.8 Å². The Balaban J connectivity index is 2.02. The van der Waals surface area contributed by atoms with Crippen LogP contribution in [0.1, 0.15) is 6.42 Å². The van der Waals surface area contributed by atoms with Crippen molar-refractivity contribution in [2.24, 2.45) is 21.5 Å². The third-order valence-corrected chi connectivity index (χ3v) is 4.05. The lowest BCUT2D eigenvalue weighted by Crippen LogP contribution is -2.23. The van der Waals surface area contributed by atoms with Crippen LogP contribution in [0, 0.1) is 0 Å². The van der Waals surface area contributed by atoms with Crippen LogP contribution in [-0.2, 0) is 9.59 Å². The molecule has 0 fully saturated rings. The zero-order valence-corrected chi connectivity index (χ0v) is 13.9. The van der Waals surface area contributed by atoms with Crippen LogP contribution in [0.5, 0.6) is 11.5 Å². The first-order chi connectivity index (χ1) is 11.4. The number of guanidine groups is 1. The summed E-state index contributed by atoms with van der Waals surface area (Å²) in [5.74, 6) is 0.0318. The van der Waals surface area contributed by atoms with Crippen LogP contribution in [-0.4, -0.2) is 42.4 Å². The number of amidine groups is 1. The lowest BCUT2D eigenvalue weighted by molar-refractivity contribution is -0.121. The molecule has 0 radical (unpaired) electrons. The third-order valence-electron chi connectivity index (χ3n) is 3.01. The molecule has 0 bridgehead atoms. The number of carbonyl (C=O) groups excluding carboxylic acids is 2. The number of hydrogen-bond acceptors (Lipinski definition) is 6. The SMILES string of the molecule is COc1ccc(OC)c(NC(=O)C[C@H]2SC(N=C(N)N)=NC2=O)c1. The fourth-order valence-electron chi connectivity index (χ4n) is 1.94. The van der Waals surface area contributed by atoms with Crippen molar-refractivity contribution in [1.29, 1.82) is 0 Å². The number of benzene rings is 1. The fraction of sp³-hybridized carbons (Fsp3) is 0.286. The molecule has 1 aromatic rings. The van der Waals surface area contributed by atoms with Crippen LogP contribution in [0.2, 0.25) is 0 Å². The Morgan fingerprint density at radius 3 is 2.75 bits per heavy atom. The number of amides is 2. The second-order valence-electron chi connectivity index (χ2n) is 4.69. The van der Waals surface area contributed by atoms with Crippen LogP contribution in [0.15, 0.2) is 28.2 Å². The maximum Gasteiger partial charge on any atom is 0.262 e. The first-order valence-corrected chi connectivity index (χ1v) is 7.71. The molecular formula is C14H17N5O4S. The Labute approximate surface area is 142 Å². The monoisotopic (exact) mass is 351 g/mol. The third kappa shape index (κ3) is 4.38. The summed E-state index contributed by atoms with van der Waals surface area (Å²) in [7, 11) is 3.01. The smallest absolute Gasteiger partial charge is 0.262 e. The second kappa shape index (κ2) is 7.68. The minimum Gasteiger partial charge on any atom is -0.497 e. The molecule has 1 aromatic carbocycles. The maximum absolute atomic E-state index is 12.2. The summed E-state index contributed by atoms with van der Waals surface area (Å²) >= 11 is 1.04. The highest BCUT2D eigenvalue weighted by molar-refractivity contribution is 8.15. The second-order valence-corrected chi connectivity index (χ2v) is 5.86. The molecular weight excluding hydrogens is 334 g/mol. The number of thioether (sulfide) groups is 1. The van der Waals surface area contributed by atoms with Crippen molar-refractivity contribution in [1.82, 2.24) is 0 Å². The lowest BCUT2D eigenvalue weighted by atomic mass is 10.2. The molecule has 1 aliphatic heterocycles. The first-order valence-electron chi connectivity index (χ1n) is 6.83. The molecule has 9 nitrogen and oxygen atoms in total. The van der Waals surface area contributed by atoms with Crippen molar-refractivity contribution in [3.63, 3.8) is 0 Å². The van der Waals surface area contributed by atoms with Gasteiger partial charge >= 0.3 is 0 Å². The molecule has 0 saturated heterocycles. The zero-order valence-electron chi connectivity index (χ0n) is 13.1. The number of nitrogens with zero attached hydrogens (tertiary/aromatic N) is 2. The highest BCUT2D eigenvalue weighted by atomic mass is 32.2. The molecule has 0 saturated carbocycles. The number of aliphatic imine (C=N–C) groups is 2. The molecule has 1 heterocycles. The van der Waals surface area contributed by atoms with E-state index in [4.69, 9.17) is 20.9 Å². The van der Waals surface area contributed by atoms with Gasteiger partial charge in [0.25, 0.3) is 5.91 Å². The average Bonchev–Trinajstić information content (AvgIpc) is 2.85. The van der Waals surface area contributed by atoms with Gasteiger partial charge in [-0.05, 0) is 12.1 Å². The summed E-state index contributed by atoms with van der Waals surface area (Å²) in [5.41, 5.74) is 10.9. The molecule has 1 aliphatic rings. The highest BCUT2D eigenvalue weighted by Crippen LogP contribution is 2.30. The van der Waals surface area contributed by atoms with Crippen molar-refractivity contribution in [2.45, 2.75) is 11.7 Å². The largest absolute Gasteiger partial charge is 0.497 e. The van der Waals surface area contributed by atoms with Crippen LogP contribution < -0.4 is 26.3 Å². The summed E-state index contributed by atoms with van der Waals surface area (Å²) in [5, 5.41) is 2.18. The van der Waals surface area contributed by atoms with E-state index in [1.165, 1.54) is 14.2 Å². The summed E-state index contributed by atoms with van der Waals surface area (Å²) in [4.78, 5) is 31.4. The van der Waals surface area contributed by atoms with Gasteiger partial charge in [0.1, 0.15) is 16.7 Å². The highest BCUT2D eigenvalue weighted by Gasteiger charge is 2.30. The van der Waals surface area contributed by atoms with Crippen LogP contribution in [0.3, 0.4) is 0 Å². The number of carbonyl (C=O) groups is 2. The van der Waals surface area contributed by atoms with E-state index < -0.39 is 11.2 Å². The van der Waals surface area contributed by atoms with E-state index in [1.807, 2.05) is 0 Å². The Morgan fingerprint density at radius 1 is 1.38 bits per heavy atom. The Morgan fingerprint density at radius 2 is 2.12 bits per heavy atom. The van der Waals surface area contributed by atoms with Crippen LogP contribution in [0.4, 0.5) is 5.69 Å². The number of anilines is 1. The van der Waals surface area contributed by atoms with E-state index in [9.17, 15) is 9.59 Å². The van der Waals surface area contributed by atoms with Crippen molar-refractivity contribution < 1.29 is 19.1 Å². The normalized spacial score (nSPS) is 16.3. The van der Waals surface area contributed by atoms with Crippen molar-refractivity contribution >= 4 is 40.4 Å². The summed E-state index contributed by atoms with van der Waals surface area (Å²) in [6, 6.07) is 5.01. The molecule has 10 heteroatoms. The predicted octanol–water partition coefficient (Wildman–Crippen LogP) is 0.304. The Bertz CT molecular complexity index is 715. The van der Waals surface area contributed by atoms with Gasteiger partial charge in [-0.15, -0.1) is 0 Å². The molecule has 0 aromatic heterocycles. The summed E-state index contributed by atoms with van der Waals surface area (Å²) < 4.78 is 10.3. The van der Waals surface area contributed by atoms with Gasteiger partial charge in [0.05, 0.1) is 19.9 Å². The Hall–Kier alpha value is -2.75. The number of hydrogen-bond donors (Lipinski definition) is 3. The van der Waals surface area contributed by atoms with Crippen molar-refractivity contribution in [3.05, 3.63) is 18.2 Å². The van der Waals surface area contributed by atoms with Gasteiger partial charge < -0.3 is 26.3 Å². The molecule has 0 aliphatic carbocycles. The van der Waals surface area contributed by atoms with Gasteiger partial charge in [0.2, 0.25) is 5.91 Å². The minimum atomic E-state index is -0.667. The number of methoxy groups -OCH3 is 2. The number of nitrogens with one attached hydrogen (secondary N) is 1. The molecule has 2 amide bonds. The molecule has 24 heavy (non-hydrogen) atoms.